The number of rotatable bonds is 4. The molecule has 1 aromatic heterocycles. The number of phenols is 2. The molecule has 0 fully saturated rings. The van der Waals surface area contributed by atoms with E-state index in [1.165, 1.54) is 6.07 Å². The first-order valence-corrected chi connectivity index (χ1v) is 8.95. The monoisotopic (exact) mass is 389 g/mol. The lowest BCUT2D eigenvalue weighted by Gasteiger charge is -2.12. The van der Waals surface area contributed by atoms with Crippen LogP contribution in [0.15, 0.2) is 84.0 Å². The van der Waals surface area contributed by atoms with Crippen LogP contribution in [0.3, 0.4) is 0 Å². The van der Waals surface area contributed by atoms with Gasteiger partial charge in [0.15, 0.2) is 0 Å². The Balaban J connectivity index is 1.79. The van der Waals surface area contributed by atoms with Crippen molar-refractivity contribution >= 4 is 23.5 Å². The molecule has 28 heavy (non-hydrogen) atoms. The first-order valence-electron chi connectivity index (χ1n) is 8.58. The molecule has 0 aliphatic heterocycles. The smallest absolute Gasteiger partial charge is 0.128 e. The maximum Gasteiger partial charge on any atom is 0.128 e. The second-order valence-electron chi connectivity index (χ2n) is 6.10. The summed E-state index contributed by atoms with van der Waals surface area (Å²) in [4.78, 5) is 4.37. The van der Waals surface area contributed by atoms with E-state index in [9.17, 15) is 10.2 Å². The van der Waals surface area contributed by atoms with Crippen LogP contribution in [0.2, 0.25) is 5.02 Å². The van der Waals surface area contributed by atoms with Crippen molar-refractivity contribution in [1.29, 1.82) is 0 Å². The van der Waals surface area contributed by atoms with E-state index in [0.717, 1.165) is 5.69 Å². The fourth-order valence-electron chi connectivity index (χ4n) is 2.88. The molecule has 0 saturated carbocycles. The quantitative estimate of drug-likeness (QED) is 0.462. The number of aromatic nitrogens is 2. The lowest BCUT2D eigenvalue weighted by atomic mass is 10.1. The fourth-order valence-corrected chi connectivity index (χ4v) is 3.10. The predicted octanol–water partition coefficient (Wildman–Crippen LogP) is 5.35. The van der Waals surface area contributed by atoms with Crippen LogP contribution in [0.25, 0.3) is 16.9 Å². The Labute approximate surface area is 166 Å². The first kappa shape index (κ1) is 17.8. The molecule has 4 aromatic rings. The number of aliphatic imine (C=N–C) groups is 1. The summed E-state index contributed by atoms with van der Waals surface area (Å²) in [6, 6.07) is 21.5. The zero-order chi connectivity index (χ0) is 19.5. The van der Waals surface area contributed by atoms with E-state index in [2.05, 4.69) is 10.1 Å². The third-order valence-electron chi connectivity index (χ3n) is 4.25. The van der Waals surface area contributed by atoms with Crippen LogP contribution in [-0.4, -0.2) is 26.2 Å². The molecule has 0 unspecified atom stereocenters. The van der Waals surface area contributed by atoms with Crippen LogP contribution in [0.1, 0.15) is 5.56 Å². The van der Waals surface area contributed by atoms with Crippen molar-refractivity contribution in [1.82, 2.24) is 9.78 Å². The van der Waals surface area contributed by atoms with Crippen molar-refractivity contribution in [2.75, 3.05) is 0 Å². The fraction of sp³-hybridized carbons (Fsp3) is 0. The van der Waals surface area contributed by atoms with E-state index in [0.29, 0.717) is 27.5 Å². The van der Waals surface area contributed by atoms with Gasteiger partial charge in [-0.2, -0.15) is 5.10 Å². The van der Waals surface area contributed by atoms with Gasteiger partial charge in [0.1, 0.15) is 11.5 Å². The van der Waals surface area contributed by atoms with Crippen molar-refractivity contribution < 1.29 is 10.2 Å². The lowest BCUT2D eigenvalue weighted by Crippen LogP contribution is -2.00. The minimum Gasteiger partial charge on any atom is -0.507 e. The second-order valence-corrected chi connectivity index (χ2v) is 6.51. The van der Waals surface area contributed by atoms with Gasteiger partial charge in [-0.15, -0.1) is 0 Å². The highest BCUT2D eigenvalue weighted by Crippen LogP contribution is 2.36. The number of benzene rings is 3. The molecule has 0 atom stereocenters. The van der Waals surface area contributed by atoms with Crippen LogP contribution in [-0.2, 0) is 0 Å². The molecule has 3 aromatic carbocycles. The van der Waals surface area contributed by atoms with Gasteiger partial charge in [-0.05, 0) is 36.4 Å². The Morgan fingerprint density at radius 1 is 0.893 bits per heavy atom. The summed E-state index contributed by atoms with van der Waals surface area (Å²) >= 11 is 6.30. The Morgan fingerprint density at radius 3 is 2.43 bits per heavy atom. The van der Waals surface area contributed by atoms with Gasteiger partial charge in [-0.25, -0.2) is 4.68 Å². The molecule has 0 aliphatic carbocycles. The summed E-state index contributed by atoms with van der Waals surface area (Å²) in [5.74, 6) is -0.132. The number of hydrogen-bond acceptors (Lipinski definition) is 4. The zero-order valence-corrected chi connectivity index (χ0v) is 15.5. The van der Waals surface area contributed by atoms with Crippen molar-refractivity contribution in [2.24, 2.45) is 4.99 Å². The second kappa shape index (κ2) is 7.58. The molecule has 0 amide bonds. The lowest BCUT2D eigenvalue weighted by molar-refractivity contribution is 0.451. The Kier molecular flexibility index (Phi) is 4.83. The van der Waals surface area contributed by atoms with Crippen LogP contribution in [0.5, 0.6) is 11.5 Å². The summed E-state index contributed by atoms with van der Waals surface area (Å²) in [5, 5.41) is 25.5. The summed E-state index contributed by atoms with van der Waals surface area (Å²) in [6.07, 6.45) is 3.19. The maximum absolute atomic E-state index is 10.4. The normalized spacial score (nSPS) is 11.2. The number of phenolic OH excluding ortho intramolecular Hbond substituents is 2. The molecule has 0 spiro atoms. The van der Waals surface area contributed by atoms with Crippen molar-refractivity contribution in [3.8, 4) is 28.4 Å². The molecule has 138 valence electrons. The molecule has 1 heterocycles. The summed E-state index contributed by atoms with van der Waals surface area (Å²) in [7, 11) is 0. The van der Waals surface area contributed by atoms with Crippen molar-refractivity contribution in [3.05, 3.63) is 89.6 Å². The highest BCUT2D eigenvalue weighted by atomic mass is 35.5. The highest BCUT2D eigenvalue weighted by Gasteiger charge is 2.15. The molecule has 4 rings (SSSR count). The van der Waals surface area contributed by atoms with E-state index in [1.54, 1.807) is 35.3 Å². The Morgan fingerprint density at radius 2 is 1.64 bits per heavy atom. The molecular formula is C22H16ClN3O2. The van der Waals surface area contributed by atoms with E-state index >= 15 is 0 Å². The van der Waals surface area contributed by atoms with Gasteiger partial charge in [-0.3, -0.25) is 4.99 Å². The SMILES string of the molecule is Oc1cc(O)c(-c2ccnn2-c2ccccc2Cl)cc1C=Nc1ccccc1. The third kappa shape index (κ3) is 3.48. The molecule has 0 saturated heterocycles. The van der Waals surface area contributed by atoms with E-state index in [1.807, 2.05) is 48.5 Å². The minimum atomic E-state index is -0.0665. The van der Waals surface area contributed by atoms with Crippen LogP contribution in [0.4, 0.5) is 5.69 Å². The minimum absolute atomic E-state index is 0.0651. The summed E-state index contributed by atoms with van der Waals surface area (Å²) < 4.78 is 1.65. The van der Waals surface area contributed by atoms with Gasteiger partial charge in [0, 0.05) is 23.4 Å². The molecular weight excluding hydrogens is 374 g/mol. The number of para-hydroxylation sites is 2. The summed E-state index contributed by atoms with van der Waals surface area (Å²) in [5.41, 5.74) is 3.07. The van der Waals surface area contributed by atoms with E-state index < -0.39 is 0 Å². The maximum atomic E-state index is 10.4. The average molecular weight is 390 g/mol. The topological polar surface area (TPSA) is 70.6 Å². The first-order chi connectivity index (χ1) is 13.6. The predicted molar refractivity (Wildman–Crippen MR) is 111 cm³/mol. The van der Waals surface area contributed by atoms with Crippen LogP contribution >= 0.6 is 11.6 Å². The zero-order valence-electron chi connectivity index (χ0n) is 14.7. The molecule has 5 nitrogen and oxygen atoms in total. The number of halogens is 1. The standard InChI is InChI=1S/C22H16ClN3O2/c23-18-8-4-5-9-20(18)26-19(10-11-25-26)17-12-15(21(27)13-22(17)28)14-24-16-6-2-1-3-7-16/h1-14,27-28H. The van der Waals surface area contributed by atoms with E-state index in [4.69, 9.17) is 11.6 Å². The number of nitrogens with zero attached hydrogens (tertiary/aromatic N) is 3. The van der Waals surface area contributed by atoms with Gasteiger partial charge in [0.05, 0.1) is 28.3 Å². The number of hydrogen-bond donors (Lipinski definition) is 2. The highest BCUT2D eigenvalue weighted by molar-refractivity contribution is 6.32. The average Bonchev–Trinajstić information content (AvgIpc) is 3.18. The van der Waals surface area contributed by atoms with Crippen molar-refractivity contribution in [3.63, 3.8) is 0 Å². The number of aromatic hydroxyl groups is 2. The molecule has 0 radical (unpaired) electrons. The molecule has 0 aliphatic rings. The van der Waals surface area contributed by atoms with Crippen LogP contribution in [0, 0.1) is 0 Å². The summed E-state index contributed by atoms with van der Waals surface area (Å²) in [6.45, 7) is 0. The molecule has 0 bridgehead atoms. The van der Waals surface area contributed by atoms with Gasteiger partial charge in [0.25, 0.3) is 0 Å². The van der Waals surface area contributed by atoms with Gasteiger partial charge in [-0.1, -0.05) is 41.9 Å². The molecule has 6 heteroatoms. The largest absolute Gasteiger partial charge is 0.507 e. The Hall–Kier alpha value is -3.57. The van der Waals surface area contributed by atoms with Gasteiger partial charge in [0.2, 0.25) is 0 Å². The third-order valence-corrected chi connectivity index (χ3v) is 4.57. The van der Waals surface area contributed by atoms with Crippen LogP contribution < -0.4 is 0 Å². The molecule has 2 N–H and O–H groups in total. The van der Waals surface area contributed by atoms with Crippen molar-refractivity contribution in [2.45, 2.75) is 0 Å². The van der Waals surface area contributed by atoms with Gasteiger partial charge < -0.3 is 10.2 Å². The van der Waals surface area contributed by atoms with Gasteiger partial charge >= 0.3 is 0 Å². The van der Waals surface area contributed by atoms with E-state index in [-0.39, 0.29) is 11.5 Å². The Bertz CT molecular complexity index is 1150.